The van der Waals surface area contributed by atoms with Crippen LogP contribution in [-0.2, 0) is 4.74 Å². The predicted octanol–water partition coefficient (Wildman–Crippen LogP) is 2.81. The van der Waals surface area contributed by atoms with Gasteiger partial charge in [-0.2, -0.15) is 5.10 Å². The van der Waals surface area contributed by atoms with Gasteiger partial charge in [0.25, 0.3) is 5.91 Å². The average Bonchev–Trinajstić information content (AvgIpc) is 3.33. The molecule has 5 rings (SSSR count). The van der Waals surface area contributed by atoms with E-state index in [1.807, 2.05) is 18.2 Å². The maximum absolute atomic E-state index is 12.9. The molecular weight excluding hydrogens is 426 g/mol. The van der Waals surface area contributed by atoms with Gasteiger partial charge in [-0.25, -0.2) is 9.97 Å². The van der Waals surface area contributed by atoms with Gasteiger partial charge in [0.1, 0.15) is 23.5 Å². The van der Waals surface area contributed by atoms with Crippen molar-refractivity contribution < 1.29 is 9.53 Å². The van der Waals surface area contributed by atoms with E-state index in [1.54, 1.807) is 11.1 Å². The molecule has 0 saturated carbocycles. The minimum absolute atomic E-state index is 0.0843. The number of carbonyl (C=O) groups excluding carboxylic acids is 1. The molecule has 4 heterocycles. The number of morpholine rings is 1. The van der Waals surface area contributed by atoms with Gasteiger partial charge >= 0.3 is 0 Å². The number of amides is 1. The molecule has 1 amide bonds. The minimum Gasteiger partial charge on any atom is -0.378 e. The Bertz CT molecular complexity index is 1180. The molecule has 3 N–H and O–H groups in total. The number of anilines is 2. The maximum Gasteiger partial charge on any atom is 0.271 e. The Balaban J connectivity index is 1.52. The minimum atomic E-state index is -0.0843. The fraction of sp³-hybridized carbons (Fsp3) is 0.222. The fourth-order valence-corrected chi connectivity index (χ4v) is 3.95. The molecular formula is C18H16BrN7O2. The van der Waals surface area contributed by atoms with Crippen molar-refractivity contribution >= 4 is 55.3 Å². The van der Waals surface area contributed by atoms with E-state index in [0.29, 0.717) is 47.9 Å². The largest absolute Gasteiger partial charge is 0.378 e. The van der Waals surface area contributed by atoms with Gasteiger partial charge in [-0.1, -0.05) is 0 Å². The van der Waals surface area contributed by atoms with E-state index in [1.165, 1.54) is 6.33 Å². The normalized spacial score (nSPS) is 14.7. The second-order valence-corrected chi connectivity index (χ2v) is 7.25. The number of aromatic nitrogens is 5. The van der Waals surface area contributed by atoms with Crippen molar-refractivity contribution in [3.05, 3.63) is 40.9 Å². The van der Waals surface area contributed by atoms with Gasteiger partial charge in [0.2, 0.25) is 0 Å². The zero-order valence-electron chi connectivity index (χ0n) is 14.7. The van der Waals surface area contributed by atoms with Gasteiger partial charge in [-0.15, -0.1) is 0 Å². The van der Waals surface area contributed by atoms with Crippen LogP contribution >= 0.6 is 15.9 Å². The molecule has 0 atom stereocenters. The van der Waals surface area contributed by atoms with Crippen molar-refractivity contribution in [1.29, 1.82) is 0 Å². The molecule has 1 aromatic carbocycles. The Hall–Kier alpha value is -2.98. The summed E-state index contributed by atoms with van der Waals surface area (Å²) in [6.45, 7) is 2.24. The summed E-state index contributed by atoms with van der Waals surface area (Å²) in [5.74, 6) is 0.524. The lowest BCUT2D eigenvalue weighted by molar-refractivity contribution is 0.0299. The summed E-state index contributed by atoms with van der Waals surface area (Å²) in [5.41, 5.74) is 2.87. The van der Waals surface area contributed by atoms with Gasteiger partial charge in [0.15, 0.2) is 0 Å². The van der Waals surface area contributed by atoms with Gasteiger partial charge in [-0.05, 0) is 34.1 Å². The number of halogens is 1. The van der Waals surface area contributed by atoms with E-state index in [-0.39, 0.29) is 5.91 Å². The molecule has 0 spiro atoms. The highest BCUT2D eigenvalue weighted by Crippen LogP contribution is 2.33. The van der Waals surface area contributed by atoms with Crippen LogP contribution in [0.1, 0.15) is 10.5 Å². The van der Waals surface area contributed by atoms with Crippen LogP contribution in [0, 0.1) is 0 Å². The third-order valence-corrected chi connectivity index (χ3v) is 5.54. The summed E-state index contributed by atoms with van der Waals surface area (Å²) in [4.78, 5) is 26.5. The molecule has 142 valence electrons. The Morgan fingerprint density at radius 2 is 2.11 bits per heavy atom. The number of ether oxygens (including phenoxy) is 1. The maximum atomic E-state index is 12.9. The molecule has 9 nitrogen and oxygen atoms in total. The summed E-state index contributed by atoms with van der Waals surface area (Å²) in [6.07, 6.45) is 3.23. The first kappa shape index (κ1) is 17.1. The molecule has 0 unspecified atom stereocenters. The van der Waals surface area contributed by atoms with Crippen molar-refractivity contribution in [2.24, 2.45) is 0 Å². The molecule has 10 heteroatoms. The number of hydrogen-bond donors (Lipinski definition) is 3. The topological polar surface area (TPSA) is 112 Å². The first-order valence-corrected chi connectivity index (χ1v) is 9.59. The number of rotatable bonds is 3. The van der Waals surface area contributed by atoms with E-state index >= 15 is 0 Å². The van der Waals surface area contributed by atoms with Gasteiger partial charge in [0, 0.05) is 24.2 Å². The van der Waals surface area contributed by atoms with Crippen LogP contribution in [0.15, 0.2) is 35.2 Å². The molecule has 4 aromatic rings. The first-order valence-electron chi connectivity index (χ1n) is 8.80. The fourth-order valence-electron chi connectivity index (χ4n) is 3.31. The number of nitrogens with one attached hydrogen (secondary N) is 3. The second-order valence-electron chi connectivity index (χ2n) is 6.46. The number of nitrogens with zero attached hydrogens (tertiary/aromatic N) is 4. The monoisotopic (exact) mass is 441 g/mol. The Morgan fingerprint density at radius 1 is 1.25 bits per heavy atom. The van der Waals surface area contributed by atoms with E-state index in [2.05, 4.69) is 46.4 Å². The Morgan fingerprint density at radius 3 is 2.96 bits per heavy atom. The molecule has 28 heavy (non-hydrogen) atoms. The van der Waals surface area contributed by atoms with Crippen molar-refractivity contribution in [2.75, 3.05) is 31.6 Å². The van der Waals surface area contributed by atoms with Gasteiger partial charge < -0.3 is 19.9 Å². The number of benzene rings is 1. The van der Waals surface area contributed by atoms with Crippen molar-refractivity contribution in [3.8, 4) is 0 Å². The summed E-state index contributed by atoms with van der Waals surface area (Å²) in [7, 11) is 0. The number of aromatic amines is 2. The lowest BCUT2D eigenvalue weighted by Gasteiger charge is -2.26. The predicted molar refractivity (Wildman–Crippen MR) is 108 cm³/mol. The lowest BCUT2D eigenvalue weighted by atomic mass is 10.2. The lowest BCUT2D eigenvalue weighted by Crippen LogP contribution is -2.40. The molecule has 0 radical (unpaired) electrons. The standard InChI is InChI=1S/C18H16BrN7O2/c19-14-13-16(23-11-1-2-12-10(7-11)8-22-25-12)20-9-21-17(13)24-15(14)18(27)26-3-5-28-6-4-26/h1-2,7-9H,3-6H2,(H,22,25)(H2,20,21,23,24). The smallest absolute Gasteiger partial charge is 0.271 e. The average molecular weight is 442 g/mol. The van der Waals surface area contributed by atoms with Crippen molar-refractivity contribution in [1.82, 2.24) is 30.0 Å². The molecule has 3 aromatic heterocycles. The SMILES string of the molecule is O=C(c1[nH]c2ncnc(Nc3ccc4[nH]ncc4c3)c2c1Br)N1CCOCC1. The van der Waals surface area contributed by atoms with Crippen LogP contribution in [0.3, 0.4) is 0 Å². The summed E-state index contributed by atoms with van der Waals surface area (Å²) < 4.78 is 5.98. The molecule has 0 aliphatic carbocycles. The van der Waals surface area contributed by atoms with Crippen LogP contribution in [-0.4, -0.2) is 62.3 Å². The summed E-state index contributed by atoms with van der Waals surface area (Å²) >= 11 is 3.57. The highest BCUT2D eigenvalue weighted by atomic mass is 79.9. The number of fused-ring (bicyclic) bond motifs is 2. The van der Waals surface area contributed by atoms with E-state index in [0.717, 1.165) is 22.0 Å². The highest BCUT2D eigenvalue weighted by molar-refractivity contribution is 9.10. The van der Waals surface area contributed by atoms with Gasteiger partial charge in [-0.3, -0.25) is 9.89 Å². The highest BCUT2D eigenvalue weighted by Gasteiger charge is 2.25. The zero-order valence-corrected chi connectivity index (χ0v) is 16.3. The number of hydrogen-bond acceptors (Lipinski definition) is 6. The Kier molecular flexibility index (Phi) is 4.21. The summed E-state index contributed by atoms with van der Waals surface area (Å²) in [5, 5.41) is 12.0. The van der Waals surface area contributed by atoms with Crippen LogP contribution in [0.25, 0.3) is 21.9 Å². The van der Waals surface area contributed by atoms with Gasteiger partial charge in [0.05, 0.1) is 34.8 Å². The number of H-pyrrole nitrogens is 2. The van der Waals surface area contributed by atoms with E-state index in [9.17, 15) is 4.79 Å². The van der Waals surface area contributed by atoms with Crippen LogP contribution in [0.2, 0.25) is 0 Å². The van der Waals surface area contributed by atoms with E-state index in [4.69, 9.17) is 4.74 Å². The second kappa shape index (κ2) is 6.88. The molecule has 1 aliphatic rings. The quantitative estimate of drug-likeness (QED) is 0.450. The van der Waals surface area contributed by atoms with Crippen LogP contribution < -0.4 is 5.32 Å². The molecule has 1 fully saturated rings. The first-order chi connectivity index (χ1) is 13.7. The van der Waals surface area contributed by atoms with Crippen molar-refractivity contribution in [2.45, 2.75) is 0 Å². The third-order valence-electron chi connectivity index (χ3n) is 4.74. The molecule has 1 aliphatic heterocycles. The van der Waals surface area contributed by atoms with Crippen LogP contribution in [0.4, 0.5) is 11.5 Å². The zero-order chi connectivity index (χ0) is 19.1. The van der Waals surface area contributed by atoms with E-state index < -0.39 is 0 Å². The number of carbonyl (C=O) groups is 1. The summed E-state index contributed by atoms with van der Waals surface area (Å²) in [6, 6.07) is 5.87. The third kappa shape index (κ3) is 2.90. The molecule has 1 saturated heterocycles. The molecule has 0 bridgehead atoms. The Labute approximate surface area is 167 Å². The van der Waals surface area contributed by atoms with Crippen molar-refractivity contribution in [3.63, 3.8) is 0 Å². The van der Waals surface area contributed by atoms with Crippen LogP contribution in [0.5, 0.6) is 0 Å².